The van der Waals surface area contributed by atoms with Crippen LogP contribution in [0.3, 0.4) is 0 Å². The zero-order chi connectivity index (χ0) is 21.3. The van der Waals surface area contributed by atoms with Crippen LogP contribution in [-0.4, -0.2) is 21.6 Å². The number of allylic oxidation sites excluding steroid dienone is 3. The maximum Gasteiger partial charge on any atom is 0.115 e. The second kappa shape index (κ2) is 10.0. The molecule has 2 N–H and O–H groups in total. The van der Waals surface area contributed by atoms with Crippen LogP contribution in [0.2, 0.25) is 0 Å². The smallest absolute Gasteiger partial charge is 0.115 e. The average molecular weight is 396 g/mol. The summed E-state index contributed by atoms with van der Waals surface area (Å²) in [5.74, 6) is 0.413. The second-order valence-electron chi connectivity index (χ2n) is 6.78. The van der Waals surface area contributed by atoms with Crippen molar-refractivity contribution in [1.29, 1.82) is 0 Å². The van der Waals surface area contributed by atoms with E-state index >= 15 is 0 Å². The van der Waals surface area contributed by atoms with E-state index in [2.05, 4.69) is 9.98 Å². The standard InChI is InChI=1S/C26H24N2O2/c1-19(27-22-11-15-24(29)16-12-22)26(10-6-9-21-7-4-3-5-8-21)20(2)28-23-13-17-25(30)18-14-23/h3-18,29-30H,1-2H3/b9-6+,26-10?,27-19?,28-20?. The van der Waals surface area contributed by atoms with Gasteiger partial charge in [0.25, 0.3) is 0 Å². The lowest BCUT2D eigenvalue weighted by molar-refractivity contribution is 0.475. The lowest BCUT2D eigenvalue weighted by Gasteiger charge is -2.08. The predicted molar refractivity (Wildman–Crippen MR) is 125 cm³/mol. The fourth-order valence-electron chi connectivity index (χ4n) is 2.88. The zero-order valence-corrected chi connectivity index (χ0v) is 17.0. The topological polar surface area (TPSA) is 65.2 Å². The number of aliphatic imine (C=N–C) groups is 2. The minimum atomic E-state index is 0.207. The predicted octanol–water partition coefficient (Wildman–Crippen LogP) is 6.62. The Morgan fingerprint density at radius 3 is 1.60 bits per heavy atom. The number of aromatic hydroxyl groups is 2. The highest BCUT2D eigenvalue weighted by Gasteiger charge is 2.07. The number of rotatable bonds is 6. The van der Waals surface area contributed by atoms with Gasteiger partial charge in [0.15, 0.2) is 0 Å². The molecule has 0 bridgehead atoms. The first-order chi connectivity index (χ1) is 14.5. The molecule has 3 aromatic rings. The molecule has 0 saturated carbocycles. The Labute approximate surface area is 176 Å². The van der Waals surface area contributed by atoms with Gasteiger partial charge < -0.3 is 10.2 Å². The molecule has 0 aromatic heterocycles. The maximum atomic E-state index is 9.49. The third-order valence-electron chi connectivity index (χ3n) is 4.42. The molecule has 0 fully saturated rings. The van der Waals surface area contributed by atoms with E-state index in [9.17, 15) is 10.2 Å². The summed E-state index contributed by atoms with van der Waals surface area (Å²) < 4.78 is 0. The van der Waals surface area contributed by atoms with Crippen molar-refractivity contribution in [3.05, 3.63) is 102 Å². The van der Waals surface area contributed by atoms with Crippen LogP contribution in [0.15, 0.2) is 107 Å². The van der Waals surface area contributed by atoms with Crippen molar-refractivity contribution in [2.24, 2.45) is 9.98 Å². The third kappa shape index (κ3) is 6.04. The molecule has 0 spiro atoms. The van der Waals surface area contributed by atoms with Crippen LogP contribution in [0, 0.1) is 0 Å². The summed E-state index contributed by atoms with van der Waals surface area (Å²) in [7, 11) is 0. The molecular weight excluding hydrogens is 372 g/mol. The first-order valence-corrected chi connectivity index (χ1v) is 9.64. The highest BCUT2D eigenvalue weighted by atomic mass is 16.3. The van der Waals surface area contributed by atoms with Gasteiger partial charge in [-0.3, -0.25) is 9.98 Å². The monoisotopic (exact) mass is 396 g/mol. The molecule has 0 radical (unpaired) electrons. The van der Waals surface area contributed by atoms with Gasteiger partial charge in [0, 0.05) is 17.0 Å². The van der Waals surface area contributed by atoms with Crippen molar-refractivity contribution in [3.8, 4) is 11.5 Å². The third-order valence-corrected chi connectivity index (χ3v) is 4.42. The molecule has 0 aliphatic rings. The number of phenolic OH excluding ortho intramolecular Hbond substituents is 2. The minimum Gasteiger partial charge on any atom is -0.508 e. The quantitative estimate of drug-likeness (QED) is 0.363. The van der Waals surface area contributed by atoms with Gasteiger partial charge in [-0.15, -0.1) is 0 Å². The Morgan fingerprint density at radius 2 is 1.13 bits per heavy atom. The van der Waals surface area contributed by atoms with Crippen LogP contribution >= 0.6 is 0 Å². The number of phenols is 2. The van der Waals surface area contributed by atoms with E-state index in [0.717, 1.165) is 33.9 Å². The van der Waals surface area contributed by atoms with Gasteiger partial charge in [-0.25, -0.2) is 0 Å². The summed E-state index contributed by atoms with van der Waals surface area (Å²) in [5.41, 5.74) is 5.11. The Hall–Kier alpha value is -3.92. The van der Waals surface area contributed by atoms with E-state index in [1.807, 2.05) is 62.4 Å². The van der Waals surface area contributed by atoms with Gasteiger partial charge in [-0.1, -0.05) is 48.6 Å². The van der Waals surface area contributed by atoms with E-state index in [0.29, 0.717) is 0 Å². The fourth-order valence-corrected chi connectivity index (χ4v) is 2.88. The van der Waals surface area contributed by atoms with Crippen LogP contribution in [0.5, 0.6) is 11.5 Å². The fraction of sp³-hybridized carbons (Fsp3) is 0.0769. The number of hydrogen-bond donors (Lipinski definition) is 2. The molecule has 0 aliphatic carbocycles. The van der Waals surface area contributed by atoms with Gasteiger partial charge in [-0.05, 0) is 67.9 Å². The van der Waals surface area contributed by atoms with E-state index in [1.54, 1.807) is 48.5 Å². The summed E-state index contributed by atoms with van der Waals surface area (Å²) in [5, 5.41) is 19.0. The zero-order valence-electron chi connectivity index (χ0n) is 17.0. The largest absolute Gasteiger partial charge is 0.508 e. The Balaban J connectivity index is 1.96. The van der Waals surface area contributed by atoms with Gasteiger partial charge >= 0.3 is 0 Å². The normalized spacial score (nSPS) is 12.2. The van der Waals surface area contributed by atoms with Gasteiger partial charge in [0.05, 0.1) is 11.4 Å². The average Bonchev–Trinajstić information content (AvgIpc) is 2.75. The Bertz CT molecular complexity index is 1030. The van der Waals surface area contributed by atoms with Gasteiger partial charge in [0.2, 0.25) is 0 Å². The van der Waals surface area contributed by atoms with E-state index in [-0.39, 0.29) is 11.5 Å². The second-order valence-corrected chi connectivity index (χ2v) is 6.78. The molecule has 0 aliphatic heterocycles. The van der Waals surface area contributed by atoms with Crippen LogP contribution in [-0.2, 0) is 0 Å². The first-order valence-electron chi connectivity index (χ1n) is 9.64. The molecule has 4 nitrogen and oxygen atoms in total. The summed E-state index contributed by atoms with van der Waals surface area (Å²) in [6, 6.07) is 23.6. The number of benzene rings is 3. The number of hydrogen-bond acceptors (Lipinski definition) is 4. The molecule has 3 aromatic carbocycles. The SMILES string of the molecule is CC(=Nc1ccc(O)cc1)C(=C/C=C/c1ccccc1)C(C)=Nc1ccc(O)cc1. The van der Waals surface area contributed by atoms with Gasteiger partial charge in [0.1, 0.15) is 11.5 Å². The van der Waals surface area contributed by atoms with Crippen molar-refractivity contribution in [2.45, 2.75) is 13.8 Å². The summed E-state index contributed by atoms with van der Waals surface area (Å²) in [6.45, 7) is 3.87. The summed E-state index contributed by atoms with van der Waals surface area (Å²) in [4.78, 5) is 9.37. The molecule has 3 rings (SSSR count). The van der Waals surface area contributed by atoms with Crippen LogP contribution in [0.1, 0.15) is 19.4 Å². The van der Waals surface area contributed by atoms with Crippen LogP contribution < -0.4 is 0 Å². The Morgan fingerprint density at radius 1 is 0.667 bits per heavy atom. The van der Waals surface area contributed by atoms with Crippen LogP contribution in [0.4, 0.5) is 11.4 Å². The van der Waals surface area contributed by atoms with E-state index < -0.39 is 0 Å². The lowest BCUT2D eigenvalue weighted by Crippen LogP contribution is -2.06. The summed E-state index contributed by atoms with van der Waals surface area (Å²) >= 11 is 0. The van der Waals surface area contributed by atoms with Gasteiger partial charge in [-0.2, -0.15) is 0 Å². The molecule has 0 amide bonds. The molecule has 0 unspecified atom stereocenters. The van der Waals surface area contributed by atoms with Crippen molar-refractivity contribution in [2.75, 3.05) is 0 Å². The molecule has 4 heteroatoms. The molecule has 0 heterocycles. The molecule has 0 saturated heterocycles. The molecular formula is C26H24N2O2. The summed E-state index contributed by atoms with van der Waals surface area (Å²) in [6.07, 6.45) is 6.00. The van der Waals surface area contributed by atoms with E-state index in [1.165, 1.54) is 0 Å². The van der Waals surface area contributed by atoms with E-state index in [4.69, 9.17) is 0 Å². The highest BCUT2D eigenvalue weighted by Crippen LogP contribution is 2.21. The molecule has 150 valence electrons. The maximum absolute atomic E-state index is 9.49. The lowest BCUT2D eigenvalue weighted by atomic mass is 10.1. The van der Waals surface area contributed by atoms with Crippen molar-refractivity contribution in [3.63, 3.8) is 0 Å². The number of nitrogens with zero attached hydrogens (tertiary/aromatic N) is 2. The van der Waals surface area contributed by atoms with Crippen molar-refractivity contribution < 1.29 is 10.2 Å². The Kier molecular flexibility index (Phi) is 6.95. The van der Waals surface area contributed by atoms with Crippen molar-refractivity contribution in [1.82, 2.24) is 0 Å². The van der Waals surface area contributed by atoms with Crippen molar-refractivity contribution >= 4 is 28.9 Å². The molecule has 0 atom stereocenters. The highest BCUT2D eigenvalue weighted by molar-refractivity contribution is 6.24. The van der Waals surface area contributed by atoms with Crippen LogP contribution in [0.25, 0.3) is 6.08 Å². The minimum absolute atomic E-state index is 0.207. The molecule has 30 heavy (non-hydrogen) atoms. The first kappa shape index (κ1) is 20.8.